The van der Waals surface area contributed by atoms with Crippen LogP contribution in [0.5, 0.6) is 0 Å². The predicted molar refractivity (Wildman–Crippen MR) is 97.3 cm³/mol. The van der Waals surface area contributed by atoms with Gasteiger partial charge < -0.3 is 15.5 Å². The van der Waals surface area contributed by atoms with Crippen molar-refractivity contribution in [2.75, 3.05) is 26.7 Å². The van der Waals surface area contributed by atoms with E-state index >= 15 is 0 Å². The molecule has 7 heteroatoms. The number of nitrogens with one attached hydrogen (secondary N) is 3. The molecule has 3 amide bonds. The van der Waals surface area contributed by atoms with E-state index in [0.29, 0.717) is 5.41 Å². The van der Waals surface area contributed by atoms with E-state index in [9.17, 15) is 9.59 Å². The molecule has 2 heterocycles. The predicted octanol–water partition coefficient (Wildman–Crippen LogP) is 1.45. The molecule has 1 atom stereocenters. The highest BCUT2D eigenvalue weighted by Gasteiger charge is 2.48. The number of urea groups is 1. The first-order valence-corrected chi connectivity index (χ1v) is 9.45. The minimum atomic E-state index is -0.780. The van der Waals surface area contributed by atoms with Crippen molar-refractivity contribution in [1.82, 2.24) is 20.9 Å². The van der Waals surface area contributed by atoms with Crippen LogP contribution in [0, 0.1) is 11.3 Å². The standard InChI is InChI=1S/C18H31N5O2/c1-17(8-4-5-9-17)12-20-15(19-3)23-10-6-13(7-11-23)18(2)14(24)21-16(25)22-18/h13H,4-12H2,1-3H3,(H,19,20)(H2,21,22,24,25). The van der Waals surface area contributed by atoms with Crippen LogP contribution in [0.1, 0.15) is 52.4 Å². The maximum atomic E-state index is 12.1. The second-order valence-corrected chi connectivity index (χ2v) is 8.29. The number of nitrogens with zero attached hydrogens (tertiary/aromatic N) is 2. The number of hydrogen-bond donors (Lipinski definition) is 3. The van der Waals surface area contributed by atoms with Gasteiger partial charge in [0.2, 0.25) is 0 Å². The molecule has 3 N–H and O–H groups in total. The van der Waals surface area contributed by atoms with Crippen LogP contribution in [-0.2, 0) is 4.79 Å². The topological polar surface area (TPSA) is 85.8 Å². The first-order chi connectivity index (χ1) is 11.9. The lowest BCUT2D eigenvalue weighted by Crippen LogP contribution is -2.55. The number of aliphatic imine (C=N–C) groups is 1. The van der Waals surface area contributed by atoms with Crippen molar-refractivity contribution in [3.8, 4) is 0 Å². The molecule has 3 aliphatic rings. The Balaban J connectivity index is 1.54. The minimum absolute atomic E-state index is 0.153. The second-order valence-electron chi connectivity index (χ2n) is 8.29. The summed E-state index contributed by atoms with van der Waals surface area (Å²) in [5.41, 5.74) is -0.397. The van der Waals surface area contributed by atoms with Gasteiger partial charge in [0.15, 0.2) is 5.96 Å². The first kappa shape index (κ1) is 18.0. The van der Waals surface area contributed by atoms with Crippen LogP contribution in [-0.4, -0.2) is 55.0 Å². The van der Waals surface area contributed by atoms with Gasteiger partial charge in [-0.1, -0.05) is 19.8 Å². The molecular weight excluding hydrogens is 318 g/mol. The Morgan fingerprint density at radius 1 is 1.24 bits per heavy atom. The molecule has 1 saturated carbocycles. The van der Waals surface area contributed by atoms with Gasteiger partial charge in [0.05, 0.1) is 0 Å². The van der Waals surface area contributed by atoms with Gasteiger partial charge in [0, 0.05) is 26.7 Å². The van der Waals surface area contributed by atoms with Crippen molar-refractivity contribution >= 4 is 17.9 Å². The Bertz CT molecular complexity index is 562. The van der Waals surface area contributed by atoms with Crippen LogP contribution in [0.3, 0.4) is 0 Å². The van der Waals surface area contributed by atoms with Crippen LogP contribution in [0.25, 0.3) is 0 Å². The van der Waals surface area contributed by atoms with E-state index in [1.165, 1.54) is 25.7 Å². The molecule has 3 fully saturated rings. The van der Waals surface area contributed by atoms with Gasteiger partial charge in [0.25, 0.3) is 5.91 Å². The molecule has 0 spiro atoms. The average Bonchev–Trinajstić information content (AvgIpc) is 3.13. The quantitative estimate of drug-likeness (QED) is 0.409. The zero-order valence-electron chi connectivity index (χ0n) is 15.7. The van der Waals surface area contributed by atoms with E-state index in [1.807, 2.05) is 14.0 Å². The SMILES string of the molecule is CN=C(NCC1(C)CCCC1)N1CCC(C2(C)NC(=O)NC2=O)CC1. The summed E-state index contributed by atoms with van der Waals surface area (Å²) < 4.78 is 0. The maximum absolute atomic E-state index is 12.1. The zero-order chi connectivity index (χ0) is 18.1. The molecule has 7 nitrogen and oxygen atoms in total. The third kappa shape index (κ3) is 3.60. The molecule has 0 bridgehead atoms. The summed E-state index contributed by atoms with van der Waals surface area (Å²) in [6, 6.07) is -0.378. The van der Waals surface area contributed by atoms with Gasteiger partial charge >= 0.3 is 6.03 Å². The van der Waals surface area contributed by atoms with Gasteiger partial charge in [-0.25, -0.2) is 4.79 Å². The van der Waals surface area contributed by atoms with Gasteiger partial charge in [-0.15, -0.1) is 0 Å². The fraction of sp³-hybridized carbons (Fsp3) is 0.833. The highest BCUT2D eigenvalue weighted by Crippen LogP contribution is 2.37. The van der Waals surface area contributed by atoms with Crippen LogP contribution < -0.4 is 16.0 Å². The third-order valence-corrected chi connectivity index (χ3v) is 6.38. The second kappa shape index (κ2) is 6.84. The summed E-state index contributed by atoms with van der Waals surface area (Å²) in [7, 11) is 1.83. The molecular formula is C18H31N5O2. The van der Waals surface area contributed by atoms with Gasteiger partial charge in [-0.3, -0.25) is 15.1 Å². The molecule has 3 rings (SSSR count). The number of rotatable bonds is 3. The van der Waals surface area contributed by atoms with Crippen LogP contribution in [0.15, 0.2) is 4.99 Å². The molecule has 1 unspecified atom stereocenters. The Morgan fingerprint density at radius 2 is 1.88 bits per heavy atom. The molecule has 140 valence electrons. The smallest absolute Gasteiger partial charge is 0.322 e. The summed E-state index contributed by atoms with van der Waals surface area (Å²) in [5.74, 6) is 0.907. The van der Waals surface area contributed by atoms with Crippen LogP contribution >= 0.6 is 0 Å². The maximum Gasteiger partial charge on any atom is 0.322 e. The van der Waals surface area contributed by atoms with Crippen molar-refractivity contribution in [2.45, 2.75) is 57.9 Å². The zero-order valence-corrected chi connectivity index (χ0v) is 15.7. The lowest BCUT2D eigenvalue weighted by molar-refractivity contribution is -0.125. The lowest BCUT2D eigenvalue weighted by Gasteiger charge is -2.40. The molecule has 2 aliphatic heterocycles. The van der Waals surface area contributed by atoms with E-state index in [4.69, 9.17) is 0 Å². The summed E-state index contributed by atoms with van der Waals surface area (Å²) >= 11 is 0. The van der Waals surface area contributed by atoms with Crippen molar-refractivity contribution < 1.29 is 9.59 Å². The van der Waals surface area contributed by atoms with Gasteiger partial charge in [-0.2, -0.15) is 0 Å². The van der Waals surface area contributed by atoms with Crippen LogP contribution in [0.4, 0.5) is 4.79 Å². The Kier molecular flexibility index (Phi) is 4.93. The number of amides is 3. The normalized spacial score (nSPS) is 30.4. The fourth-order valence-electron chi connectivity index (χ4n) is 4.54. The van der Waals surface area contributed by atoms with Crippen molar-refractivity contribution in [2.24, 2.45) is 16.3 Å². The number of carbonyl (C=O) groups excluding carboxylic acids is 2. The van der Waals surface area contributed by atoms with Crippen molar-refractivity contribution in [3.05, 3.63) is 0 Å². The summed E-state index contributed by atoms with van der Waals surface area (Å²) in [6.07, 6.45) is 6.95. The number of piperidine rings is 1. The van der Waals surface area contributed by atoms with E-state index in [0.717, 1.165) is 38.4 Å². The number of imide groups is 1. The molecule has 0 radical (unpaired) electrons. The number of hydrogen-bond acceptors (Lipinski definition) is 3. The largest absolute Gasteiger partial charge is 0.356 e. The lowest BCUT2D eigenvalue weighted by atomic mass is 9.79. The summed E-state index contributed by atoms with van der Waals surface area (Å²) in [6.45, 7) is 6.85. The van der Waals surface area contributed by atoms with Crippen LogP contribution in [0.2, 0.25) is 0 Å². The van der Waals surface area contributed by atoms with E-state index in [-0.39, 0.29) is 17.9 Å². The van der Waals surface area contributed by atoms with E-state index < -0.39 is 5.54 Å². The fourth-order valence-corrected chi connectivity index (χ4v) is 4.54. The molecule has 25 heavy (non-hydrogen) atoms. The molecule has 2 saturated heterocycles. The van der Waals surface area contributed by atoms with E-state index in [2.05, 4.69) is 32.8 Å². The molecule has 0 aromatic rings. The highest BCUT2D eigenvalue weighted by molar-refractivity contribution is 6.07. The Morgan fingerprint density at radius 3 is 2.40 bits per heavy atom. The molecule has 0 aromatic heterocycles. The van der Waals surface area contributed by atoms with Crippen molar-refractivity contribution in [3.63, 3.8) is 0 Å². The van der Waals surface area contributed by atoms with E-state index in [1.54, 1.807) is 0 Å². The third-order valence-electron chi connectivity index (χ3n) is 6.38. The minimum Gasteiger partial charge on any atom is -0.356 e. The summed E-state index contributed by atoms with van der Waals surface area (Å²) in [4.78, 5) is 30.3. The number of guanidine groups is 1. The molecule has 1 aliphatic carbocycles. The van der Waals surface area contributed by atoms with Gasteiger partial charge in [-0.05, 0) is 43.9 Å². The monoisotopic (exact) mass is 349 g/mol. The highest BCUT2D eigenvalue weighted by atomic mass is 16.2. The number of carbonyl (C=O) groups is 2. The Hall–Kier alpha value is -1.79. The molecule has 0 aromatic carbocycles. The Labute approximate surface area is 150 Å². The average molecular weight is 349 g/mol. The van der Waals surface area contributed by atoms with Crippen molar-refractivity contribution in [1.29, 1.82) is 0 Å². The summed E-state index contributed by atoms with van der Waals surface area (Å²) in [5, 5.41) is 8.74. The first-order valence-electron chi connectivity index (χ1n) is 9.45. The number of likely N-dealkylation sites (tertiary alicyclic amines) is 1. The van der Waals surface area contributed by atoms with Gasteiger partial charge in [0.1, 0.15) is 5.54 Å².